The van der Waals surface area contributed by atoms with Gasteiger partial charge in [-0.1, -0.05) is 15.9 Å². The molecule has 68 valence electrons. The average molecular weight is 241 g/mol. The monoisotopic (exact) mass is 240 g/mol. The Bertz CT molecular complexity index is 436. The molecule has 0 radical (unpaired) electrons. The number of aliphatic hydroxyl groups excluding tert-OH is 1. The summed E-state index contributed by atoms with van der Waals surface area (Å²) in [7, 11) is 0. The van der Waals surface area contributed by atoms with Crippen molar-refractivity contribution in [1.82, 2.24) is 9.38 Å². The second-order valence-electron chi connectivity index (χ2n) is 2.94. The molecule has 13 heavy (non-hydrogen) atoms. The zero-order valence-electron chi connectivity index (χ0n) is 7.11. The van der Waals surface area contributed by atoms with E-state index in [0.717, 1.165) is 9.99 Å². The van der Waals surface area contributed by atoms with Gasteiger partial charge in [-0.05, 0) is 19.1 Å². The second-order valence-corrected chi connectivity index (χ2v) is 3.86. The van der Waals surface area contributed by atoms with Crippen LogP contribution in [0.1, 0.15) is 18.7 Å². The van der Waals surface area contributed by atoms with Crippen LogP contribution in [0.2, 0.25) is 0 Å². The highest BCUT2D eigenvalue weighted by atomic mass is 79.9. The number of nitrogens with zero attached hydrogens (tertiary/aromatic N) is 2. The van der Waals surface area contributed by atoms with Gasteiger partial charge >= 0.3 is 0 Å². The molecule has 0 bridgehead atoms. The van der Waals surface area contributed by atoms with Crippen molar-refractivity contribution in [2.45, 2.75) is 13.0 Å². The molecular weight excluding hydrogens is 232 g/mol. The Morgan fingerprint density at radius 2 is 2.38 bits per heavy atom. The molecule has 0 aliphatic carbocycles. The highest BCUT2D eigenvalue weighted by Crippen LogP contribution is 2.20. The number of hydrogen-bond donors (Lipinski definition) is 1. The molecule has 4 heteroatoms. The summed E-state index contributed by atoms with van der Waals surface area (Å²) < 4.78 is 2.87. The van der Waals surface area contributed by atoms with Gasteiger partial charge in [0.2, 0.25) is 0 Å². The number of pyridine rings is 1. The molecule has 1 unspecified atom stereocenters. The predicted molar refractivity (Wildman–Crippen MR) is 53.5 cm³/mol. The fraction of sp³-hybridized carbons (Fsp3) is 0.222. The lowest BCUT2D eigenvalue weighted by Gasteiger charge is -2.00. The van der Waals surface area contributed by atoms with Gasteiger partial charge in [0.1, 0.15) is 0 Å². The molecule has 2 aromatic heterocycles. The zero-order chi connectivity index (χ0) is 9.42. The van der Waals surface area contributed by atoms with E-state index in [0.29, 0.717) is 5.69 Å². The van der Waals surface area contributed by atoms with E-state index in [4.69, 9.17) is 0 Å². The Morgan fingerprint density at radius 3 is 3.08 bits per heavy atom. The largest absolute Gasteiger partial charge is 0.387 e. The van der Waals surface area contributed by atoms with Crippen LogP contribution < -0.4 is 0 Å². The molecule has 0 fully saturated rings. The van der Waals surface area contributed by atoms with Crippen molar-refractivity contribution in [3.63, 3.8) is 0 Å². The van der Waals surface area contributed by atoms with E-state index in [1.165, 1.54) is 0 Å². The molecule has 0 spiro atoms. The van der Waals surface area contributed by atoms with Crippen LogP contribution in [-0.4, -0.2) is 14.5 Å². The van der Waals surface area contributed by atoms with Crippen LogP contribution in [-0.2, 0) is 0 Å². The van der Waals surface area contributed by atoms with Gasteiger partial charge in [-0.2, -0.15) is 0 Å². The van der Waals surface area contributed by atoms with E-state index in [1.54, 1.807) is 13.3 Å². The van der Waals surface area contributed by atoms with Gasteiger partial charge in [-0.25, -0.2) is 4.98 Å². The first-order chi connectivity index (χ1) is 6.18. The summed E-state index contributed by atoms with van der Waals surface area (Å²) in [5, 5.41) is 9.41. The first-order valence-corrected chi connectivity index (χ1v) is 4.78. The minimum atomic E-state index is -0.528. The number of rotatable bonds is 1. The van der Waals surface area contributed by atoms with Crippen molar-refractivity contribution < 1.29 is 5.11 Å². The molecule has 0 aromatic carbocycles. The van der Waals surface area contributed by atoms with Crippen LogP contribution in [0.25, 0.3) is 5.52 Å². The number of aliphatic hydroxyl groups is 1. The van der Waals surface area contributed by atoms with Crippen molar-refractivity contribution in [2.75, 3.05) is 0 Å². The summed E-state index contributed by atoms with van der Waals surface area (Å²) in [6.45, 7) is 1.71. The number of hydrogen-bond acceptors (Lipinski definition) is 2. The quantitative estimate of drug-likeness (QED) is 0.830. The van der Waals surface area contributed by atoms with E-state index in [1.807, 2.05) is 22.7 Å². The van der Waals surface area contributed by atoms with Crippen molar-refractivity contribution in [2.24, 2.45) is 0 Å². The van der Waals surface area contributed by atoms with Gasteiger partial charge in [-0.3, -0.25) is 0 Å². The van der Waals surface area contributed by atoms with Crippen molar-refractivity contribution in [3.8, 4) is 0 Å². The van der Waals surface area contributed by atoms with Crippen LogP contribution in [0.15, 0.2) is 29.1 Å². The number of fused-ring (bicyclic) bond motifs is 1. The summed E-state index contributed by atoms with van der Waals surface area (Å²) in [5.41, 5.74) is 1.64. The lowest BCUT2D eigenvalue weighted by molar-refractivity contribution is 0.196. The minimum Gasteiger partial charge on any atom is -0.387 e. The molecule has 1 atom stereocenters. The third-order valence-corrected chi connectivity index (χ3v) is 2.42. The Labute approximate surface area is 84.2 Å². The minimum absolute atomic E-state index is 0.528. The number of imidazole rings is 1. The number of halogens is 1. The van der Waals surface area contributed by atoms with Crippen LogP contribution in [0, 0.1) is 0 Å². The lowest BCUT2D eigenvalue weighted by atomic mass is 10.2. The standard InChI is InChI=1S/C9H9BrN2O/c1-6(13)9-8-4-7(10)2-3-12(8)5-11-9/h2-6,13H,1H3. The third-order valence-electron chi connectivity index (χ3n) is 1.93. The first-order valence-electron chi connectivity index (χ1n) is 3.98. The van der Waals surface area contributed by atoms with Gasteiger partial charge < -0.3 is 9.51 Å². The van der Waals surface area contributed by atoms with Gasteiger partial charge in [0.15, 0.2) is 0 Å². The van der Waals surface area contributed by atoms with Crippen molar-refractivity contribution in [1.29, 1.82) is 0 Å². The predicted octanol–water partition coefficient (Wildman–Crippen LogP) is 2.15. The van der Waals surface area contributed by atoms with E-state index in [-0.39, 0.29) is 0 Å². The number of aromatic nitrogens is 2. The Morgan fingerprint density at radius 1 is 1.62 bits per heavy atom. The lowest BCUT2D eigenvalue weighted by Crippen LogP contribution is -1.92. The van der Waals surface area contributed by atoms with E-state index in [2.05, 4.69) is 20.9 Å². The van der Waals surface area contributed by atoms with Gasteiger partial charge in [0.05, 0.1) is 23.6 Å². The van der Waals surface area contributed by atoms with Gasteiger partial charge in [0.25, 0.3) is 0 Å². The Hall–Kier alpha value is -0.870. The molecule has 0 aliphatic heterocycles. The van der Waals surface area contributed by atoms with Gasteiger partial charge in [-0.15, -0.1) is 0 Å². The molecule has 0 saturated heterocycles. The molecule has 2 heterocycles. The zero-order valence-corrected chi connectivity index (χ0v) is 8.69. The van der Waals surface area contributed by atoms with Crippen LogP contribution in [0.3, 0.4) is 0 Å². The SMILES string of the molecule is CC(O)c1ncn2ccc(Br)cc12. The highest BCUT2D eigenvalue weighted by Gasteiger charge is 2.08. The van der Waals surface area contributed by atoms with Crippen molar-refractivity contribution in [3.05, 3.63) is 34.8 Å². The van der Waals surface area contributed by atoms with E-state index < -0.39 is 6.10 Å². The molecular formula is C9H9BrN2O. The summed E-state index contributed by atoms with van der Waals surface area (Å²) in [6, 6.07) is 3.87. The molecule has 2 rings (SSSR count). The fourth-order valence-electron chi connectivity index (χ4n) is 1.30. The third kappa shape index (κ3) is 1.47. The van der Waals surface area contributed by atoms with Crippen LogP contribution >= 0.6 is 15.9 Å². The molecule has 0 amide bonds. The Kier molecular flexibility index (Phi) is 2.09. The second kappa shape index (κ2) is 3.12. The fourth-order valence-corrected chi connectivity index (χ4v) is 1.64. The topological polar surface area (TPSA) is 37.5 Å². The molecule has 3 nitrogen and oxygen atoms in total. The molecule has 0 aliphatic rings. The maximum Gasteiger partial charge on any atom is 0.0996 e. The smallest absolute Gasteiger partial charge is 0.0996 e. The molecule has 2 aromatic rings. The molecule has 0 saturated carbocycles. The summed E-state index contributed by atoms with van der Waals surface area (Å²) >= 11 is 3.38. The Balaban J connectivity index is 2.71. The van der Waals surface area contributed by atoms with E-state index in [9.17, 15) is 5.11 Å². The van der Waals surface area contributed by atoms with Gasteiger partial charge in [0, 0.05) is 10.7 Å². The first kappa shape index (κ1) is 8.72. The molecule has 1 N–H and O–H groups in total. The van der Waals surface area contributed by atoms with E-state index >= 15 is 0 Å². The highest BCUT2D eigenvalue weighted by molar-refractivity contribution is 9.10. The summed E-state index contributed by atoms with van der Waals surface area (Å²) in [6.07, 6.45) is 3.07. The maximum absolute atomic E-state index is 9.41. The normalized spacial score (nSPS) is 13.5. The average Bonchev–Trinajstić information content (AvgIpc) is 2.46. The summed E-state index contributed by atoms with van der Waals surface area (Å²) in [4.78, 5) is 4.13. The van der Waals surface area contributed by atoms with Crippen molar-refractivity contribution >= 4 is 21.4 Å². The summed E-state index contributed by atoms with van der Waals surface area (Å²) in [5.74, 6) is 0. The maximum atomic E-state index is 9.41. The van der Waals surface area contributed by atoms with Crippen LogP contribution in [0.5, 0.6) is 0 Å². The van der Waals surface area contributed by atoms with Crippen LogP contribution in [0.4, 0.5) is 0 Å².